The highest BCUT2D eigenvalue weighted by Crippen LogP contribution is 2.77. The highest BCUT2D eigenvalue weighted by molar-refractivity contribution is 6.33. The molecule has 0 saturated carbocycles. The third-order valence-electron chi connectivity index (χ3n) is 10.3. The second-order valence-electron chi connectivity index (χ2n) is 12.3. The van der Waals surface area contributed by atoms with Crippen LogP contribution in [0.5, 0.6) is 0 Å². The van der Waals surface area contributed by atoms with Gasteiger partial charge in [0, 0.05) is 10.9 Å². The number of carbonyl (C=O) groups excluding carboxylic acids is 2. The van der Waals surface area contributed by atoms with Gasteiger partial charge in [-0.25, -0.2) is 14.4 Å². The molecule has 0 N–H and O–H groups in total. The summed E-state index contributed by atoms with van der Waals surface area (Å²) in [6, 6.07) is 36.3. The van der Waals surface area contributed by atoms with Crippen LogP contribution in [0, 0.1) is 18.2 Å². The molecular weight excluding hydrogens is 587 g/mol. The van der Waals surface area contributed by atoms with Crippen LogP contribution >= 0.6 is 11.6 Å². The number of amides is 2. The van der Waals surface area contributed by atoms with E-state index >= 15 is 9.59 Å². The van der Waals surface area contributed by atoms with Gasteiger partial charge in [0.25, 0.3) is 5.91 Å². The summed E-state index contributed by atoms with van der Waals surface area (Å²) in [4.78, 5) is 39.6. The van der Waals surface area contributed by atoms with Crippen molar-refractivity contribution < 1.29 is 18.8 Å². The maximum absolute atomic E-state index is 15.7. The molecule has 5 nitrogen and oxygen atoms in total. The lowest BCUT2D eigenvalue weighted by molar-refractivity contribution is -0.153. The van der Waals surface area contributed by atoms with E-state index in [9.17, 15) is 4.39 Å². The number of para-hydroxylation sites is 1. The highest BCUT2D eigenvalue weighted by Gasteiger charge is 2.87. The summed E-state index contributed by atoms with van der Waals surface area (Å²) in [5.41, 5.74) is 3.42. The molecule has 0 aromatic heterocycles. The lowest BCUT2D eigenvalue weighted by atomic mass is 9.43. The minimum Gasteiger partial charge on any atom is -0.273 e. The molecule has 5 aliphatic rings. The number of aryl methyl sites for hydroxylation is 1. The van der Waals surface area contributed by atoms with Crippen LogP contribution in [0.15, 0.2) is 121 Å². The minimum atomic E-state index is -1.65. The number of nitrogens with zero attached hydrogens (tertiary/aromatic N) is 2. The van der Waals surface area contributed by atoms with Crippen molar-refractivity contribution in [3.63, 3.8) is 0 Å². The van der Waals surface area contributed by atoms with Crippen LogP contribution in [0.4, 0.5) is 15.8 Å². The number of benzene rings is 5. The van der Waals surface area contributed by atoms with Crippen molar-refractivity contribution in [2.75, 3.05) is 9.96 Å². The van der Waals surface area contributed by atoms with Crippen LogP contribution in [0.3, 0.4) is 0 Å². The normalized spacial score (nSPS) is 27.3. The lowest BCUT2D eigenvalue weighted by Crippen LogP contribution is -2.63. The Morgan fingerprint density at radius 2 is 1.27 bits per heavy atom. The molecule has 2 saturated heterocycles. The number of halogens is 2. The predicted octanol–water partition coefficient (Wildman–Crippen LogP) is 7.87. The molecule has 3 aliphatic carbocycles. The second-order valence-corrected chi connectivity index (χ2v) is 12.7. The summed E-state index contributed by atoms with van der Waals surface area (Å²) >= 11 is 6.59. The van der Waals surface area contributed by atoms with Crippen LogP contribution in [-0.2, 0) is 14.4 Å². The van der Waals surface area contributed by atoms with E-state index in [0.29, 0.717) is 22.0 Å². The van der Waals surface area contributed by atoms with Gasteiger partial charge in [0.15, 0.2) is 0 Å². The van der Waals surface area contributed by atoms with Gasteiger partial charge in [-0.3, -0.25) is 14.4 Å². The first-order chi connectivity index (χ1) is 21.9. The molecular formula is C38H26ClFN2O3. The van der Waals surface area contributed by atoms with Gasteiger partial charge in [0.05, 0.1) is 17.3 Å². The number of hydrogen-bond donors (Lipinski definition) is 0. The van der Waals surface area contributed by atoms with Gasteiger partial charge in [0.1, 0.15) is 17.3 Å². The summed E-state index contributed by atoms with van der Waals surface area (Å²) in [6.07, 6.45) is 0. The number of hydrogen-bond acceptors (Lipinski definition) is 4. The van der Waals surface area contributed by atoms with E-state index < -0.39 is 40.6 Å². The van der Waals surface area contributed by atoms with E-state index in [1.54, 1.807) is 29.3 Å². The first kappa shape index (κ1) is 26.6. The zero-order chi connectivity index (χ0) is 30.7. The van der Waals surface area contributed by atoms with E-state index in [2.05, 4.69) is 12.1 Å². The van der Waals surface area contributed by atoms with Gasteiger partial charge in [0.2, 0.25) is 11.5 Å². The van der Waals surface area contributed by atoms with Gasteiger partial charge in [-0.15, -0.1) is 0 Å². The Morgan fingerprint density at radius 1 is 0.689 bits per heavy atom. The summed E-state index contributed by atoms with van der Waals surface area (Å²) in [5, 5.41) is 2.19. The molecule has 7 heteroatoms. The van der Waals surface area contributed by atoms with Crippen LogP contribution < -0.4 is 9.96 Å². The van der Waals surface area contributed by atoms with Gasteiger partial charge in [-0.1, -0.05) is 96.5 Å². The van der Waals surface area contributed by atoms with E-state index in [-0.39, 0.29) is 5.91 Å². The van der Waals surface area contributed by atoms with Crippen molar-refractivity contribution in [1.29, 1.82) is 0 Å². The molecule has 2 heterocycles. The Labute approximate surface area is 264 Å². The van der Waals surface area contributed by atoms with Crippen LogP contribution in [0.1, 0.15) is 51.3 Å². The van der Waals surface area contributed by atoms with E-state index in [1.807, 2.05) is 79.7 Å². The number of hydroxylamine groups is 1. The molecule has 45 heavy (non-hydrogen) atoms. The Bertz CT molecular complexity index is 2020. The monoisotopic (exact) mass is 612 g/mol. The summed E-state index contributed by atoms with van der Waals surface area (Å²) < 4.78 is 14.4. The van der Waals surface area contributed by atoms with Gasteiger partial charge in [-0.2, -0.15) is 0 Å². The summed E-state index contributed by atoms with van der Waals surface area (Å²) in [7, 11) is 0. The molecule has 0 radical (unpaired) electrons. The number of rotatable bonds is 3. The Hall–Kier alpha value is -4.78. The maximum Gasteiger partial charge on any atom is 0.271 e. The van der Waals surface area contributed by atoms with Crippen molar-refractivity contribution >= 4 is 34.8 Å². The Balaban J connectivity index is 1.43. The SMILES string of the molecule is Cc1ccc(N2C(=O)C34ON(c5ccccc5)C(c5ccc(F)cc5)C3(C2=O)C2c3ccccc3C4c3ccccc32)cc1Cl. The smallest absolute Gasteiger partial charge is 0.271 e. The first-order valence-electron chi connectivity index (χ1n) is 15.0. The van der Waals surface area contributed by atoms with Crippen molar-refractivity contribution in [2.45, 2.75) is 30.4 Å². The fraction of sp³-hybridized carbons (Fsp3) is 0.158. The molecule has 2 bridgehead atoms. The van der Waals surface area contributed by atoms with Crippen LogP contribution in [-0.4, -0.2) is 17.4 Å². The van der Waals surface area contributed by atoms with Crippen molar-refractivity contribution in [3.05, 3.63) is 166 Å². The quantitative estimate of drug-likeness (QED) is 0.195. The van der Waals surface area contributed by atoms with Crippen molar-refractivity contribution in [2.24, 2.45) is 5.41 Å². The molecule has 10 rings (SSSR count). The zero-order valence-electron chi connectivity index (χ0n) is 24.2. The molecule has 2 fully saturated rings. The van der Waals surface area contributed by atoms with Gasteiger partial charge >= 0.3 is 0 Å². The Kier molecular flexibility index (Phi) is 5.40. The van der Waals surface area contributed by atoms with E-state index in [4.69, 9.17) is 16.4 Å². The summed E-state index contributed by atoms with van der Waals surface area (Å²) in [6.45, 7) is 1.88. The number of carbonyl (C=O) groups is 2. The minimum absolute atomic E-state index is 0.362. The largest absolute Gasteiger partial charge is 0.273 e. The van der Waals surface area contributed by atoms with Gasteiger partial charge in [-0.05, 0) is 76.7 Å². The third-order valence-corrected chi connectivity index (χ3v) is 10.7. The molecule has 220 valence electrons. The fourth-order valence-electron chi connectivity index (χ4n) is 8.63. The highest BCUT2D eigenvalue weighted by atomic mass is 35.5. The second kappa shape index (κ2) is 9.13. The van der Waals surface area contributed by atoms with Gasteiger partial charge < -0.3 is 0 Å². The van der Waals surface area contributed by atoms with Crippen molar-refractivity contribution in [3.8, 4) is 0 Å². The number of anilines is 2. The van der Waals surface area contributed by atoms with E-state index in [1.165, 1.54) is 17.0 Å². The molecule has 2 aliphatic heterocycles. The molecule has 3 unspecified atom stereocenters. The maximum atomic E-state index is 15.7. The summed E-state index contributed by atoms with van der Waals surface area (Å²) in [5.74, 6) is -2.32. The van der Waals surface area contributed by atoms with E-state index in [0.717, 1.165) is 27.8 Å². The van der Waals surface area contributed by atoms with Crippen molar-refractivity contribution in [1.82, 2.24) is 0 Å². The molecule has 5 aromatic rings. The topological polar surface area (TPSA) is 49.9 Å². The standard InChI is InChI=1S/C38H26ClFN2O3/c1-22-15-20-26(21-31(22)39)41-35(43)37-32-27-11-5-7-13-29(27)33(30-14-8-6-12-28(30)32)38(37,36(41)44)45-42(25-9-3-2-4-10-25)34(37)23-16-18-24(40)19-17-23/h2-21,32-34H,1H3. The third kappa shape index (κ3) is 3.11. The number of imide groups is 1. The first-order valence-corrected chi connectivity index (χ1v) is 15.4. The van der Waals surface area contributed by atoms with Crippen LogP contribution in [0.25, 0.3) is 0 Å². The fourth-order valence-corrected chi connectivity index (χ4v) is 8.80. The molecule has 3 atom stereocenters. The lowest BCUT2D eigenvalue weighted by Gasteiger charge is -2.55. The average Bonchev–Trinajstić information content (AvgIpc) is 3.50. The Morgan fingerprint density at radius 3 is 1.87 bits per heavy atom. The molecule has 5 aromatic carbocycles. The predicted molar refractivity (Wildman–Crippen MR) is 170 cm³/mol. The zero-order valence-corrected chi connectivity index (χ0v) is 24.9. The average molecular weight is 613 g/mol. The van der Waals surface area contributed by atoms with Crippen LogP contribution in [0.2, 0.25) is 5.02 Å². The molecule has 0 spiro atoms. The molecule has 2 amide bonds.